The summed E-state index contributed by atoms with van der Waals surface area (Å²) >= 11 is 4.67. The van der Waals surface area contributed by atoms with E-state index in [4.69, 9.17) is 0 Å². The monoisotopic (exact) mass is 255 g/mol. The van der Waals surface area contributed by atoms with Gasteiger partial charge in [0.2, 0.25) is 0 Å². The van der Waals surface area contributed by atoms with Crippen molar-refractivity contribution in [2.24, 2.45) is 11.3 Å². The van der Waals surface area contributed by atoms with Crippen molar-refractivity contribution >= 4 is 12.6 Å². The van der Waals surface area contributed by atoms with Gasteiger partial charge in [0, 0.05) is 12.6 Å². The molecule has 1 heterocycles. The van der Waals surface area contributed by atoms with E-state index in [1.165, 1.54) is 58.0 Å². The highest BCUT2D eigenvalue weighted by Crippen LogP contribution is 2.39. The van der Waals surface area contributed by atoms with Crippen LogP contribution in [0.2, 0.25) is 0 Å². The molecule has 0 bridgehead atoms. The van der Waals surface area contributed by atoms with E-state index >= 15 is 0 Å². The molecule has 0 aromatic carbocycles. The van der Waals surface area contributed by atoms with Gasteiger partial charge < -0.3 is 4.90 Å². The molecule has 2 unspecified atom stereocenters. The highest BCUT2D eigenvalue weighted by atomic mass is 32.1. The summed E-state index contributed by atoms with van der Waals surface area (Å²) < 4.78 is 0. The van der Waals surface area contributed by atoms with E-state index in [-0.39, 0.29) is 0 Å². The lowest BCUT2D eigenvalue weighted by Gasteiger charge is -2.45. The Bertz CT molecular complexity index is 235. The predicted octanol–water partition coefficient (Wildman–Crippen LogP) is 3.99. The quantitative estimate of drug-likeness (QED) is 0.746. The molecular formula is C15H29NS. The molecule has 0 radical (unpaired) electrons. The zero-order valence-electron chi connectivity index (χ0n) is 11.6. The van der Waals surface area contributed by atoms with E-state index in [1.807, 2.05) is 0 Å². The van der Waals surface area contributed by atoms with Gasteiger partial charge in [-0.1, -0.05) is 26.2 Å². The zero-order chi connectivity index (χ0) is 12.3. The summed E-state index contributed by atoms with van der Waals surface area (Å²) in [5.41, 5.74) is 0.538. The Kier molecular flexibility index (Phi) is 4.82. The van der Waals surface area contributed by atoms with Crippen molar-refractivity contribution in [2.45, 2.75) is 64.8 Å². The van der Waals surface area contributed by atoms with Crippen molar-refractivity contribution in [3.8, 4) is 0 Å². The maximum atomic E-state index is 4.67. The zero-order valence-corrected chi connectivity index (χ0v) is 12.5. The van der Waals surface area contributed by atoms with Gasteiger partial charge in [-0.3, -0.25) is 0 Å². The van der Waals surface area contributed by atoms with Crippen LogP contribution in [0.25, 0.3) is 0 Å². The van der Waals surface area contributed by atoms with Crippen LogP contribution in [-0.2, 0) is 0 Å². The lowest BCUT2D eigenvalue weighted by atomic mass is 9.74. The van der Waals surface area contributed by atoms with Crippen LogP contribution in [0, 0.1) is 11.3 Å². The molecular weight excluding hydrogens is 226 g/mol. The average molecular weight is 255 g/mol. The SMILES string of the molecule is CC1CCN(CC2(CS)CCCCC2)C(C)C1. The van der Waals surface area contributed by atoms with Gasteiger partial charge >= 0.3 is 0 Å². The standard InChI is InChI=1S/C15H29NS/c1-13-6-9-16(14(2)10-13)11-15(12-17)7-4-3-5-8-15/h13-14,17H,3-12H2,1-2H3. The van der Waals surface area contributed by atoms with Gasteiger partial charge in [-0.05, 0) is 56.2 Å². The molecule has 2 fully saturated rings. The lowest BCUT2D eigenvalue weighted by molar-refractivity contribution is 0.0613. The molecule has 1 nitrogen and oxygen atoms in total. The third-order valence-electron chi connectivity index (χ3n) is 5.06. The van der Waals surface area contributed by atoms with Crippen molar-refractivity contribution in [1.82, 2.24) is 4.90 Å². The minimum Gasteiger partial charge on any atom is -0.300 e. The van der Waals surface area contributed by atoms with Gasteiger partial charge in [0.05, 0.1) is 0 Å². The predicted molar refractivity (Wildman–Crippen MR) is 78.8 cm³/mol. The van der Waals surface area contributed by atoms with Crippen LogP contribution < -0.4 is 0 Å². The van der Waals surface area contributed by atoms with Gasteiger partial charge in [-0.2, -0.15) is 12.6 Å². The van der Waals surface area contributed by atoms with Crippen molar-refractivity contribution in [3.05, 3.63) is 0 Å². The van der Waals surface area contributed by atoms with E-state index < -0.39 is 0 Å². The molecule has 2 atom stereocenters. The maximum Gasteiger partial charge on any atom is 0.00697 e. The maximum absolute atomic E-state index is 4.67. The normalized spacial score (nSPS) is 34.8. The Morgan fingerprint density at radius 3 is 2.47 bits per heavy atom. The summed E-state index contributed by atoms with van der Waals surface area (Å²) in [7, 11) is 0. The number of hydrogen-bond acceptors (Lipinski definition) is 2. The van der Waals surface area contributed by atoms with Crippen LogP contribution in [0.3, 0.4) is 0 Å². The molecule has 0 aromatic rings. The van der Waals surface area contributed by atoms with Gasteiger partial charge in [0.15, 0.2) is 0 Å². The van der Waals surface area contributed by atoms with Crippen molar-refractivity contribution < 1.29 is 0 Å². The second kappa shape index (κ2) is 5.97. The Morgan fingerprint density at radius 2 is 1.88 bits per heavy atom. The van der Waals surface area contributed by atoms with Crippen LogP contribution in [0.15, 0.2) is 0 Å². The molecule has 0 spiro atoms. The summed E-state index contributed by atoms with van der Waals surface area (Å²) in [5.74, 6) is 2.02. The fourth-order valence-corrected chi connectivity index (χ4v) is 4.21. The topological polar surface area (TPSA) is 3.24 Å². The van der Waals surface area contributed by atoms with E-state index in [0.717, 1.165) is 17.7 Å². The van der Waals surface area contributed by atoms with E-state index in [2.05, 4.69) is 31.4 Å². The minimum atomic E-state index is 0.538. The Labute approximate surface area is 113 Å². The number of nitrogens with zero attached hydrogens (tertiary/aromatic N) is 1. The first-order chi connectivity index (χ1) is 8.15. The summed E-state index contributed by atoms with van der Waals surface area (Å²) in [6, 6.07) is 0.789. The molecule has 0 amide bonds. The van der Waals surface area contributed by atoms with Gasteiger partial charge in [-0.25, -0.2) is 0 Å². The molecule has 1 aliphatic carbocycles. The highest BCUT2D eigenvalue weighted by Gasteiger charge is 2.35. The largest absolute Gasteiger partial charge is 0.300 e. The van der Waals surface area contributed by atoms with E-state index in [0.29, 0.717) is 5.41 Å². The van der Waals surface area contributed by atoms with Crippen LogP contribution in [-0.4, -0.2) is 29.8 Å². The summed E-state index contributed by atoms with van der Waals surface area (Å²) in [6.07, 6.45) is 9.92. The fourth-order valence-electron chi connectivity index (χ4n) is 3.79. The number of rotatable bonds is 3. The van der Waals surface area contributed by atoms with Crippen LogP contribution in [0.1, 0.15) is 58.8 Å². The highest BCUT2D eigenvalue weighted by molar-refractivity contribution is 7.80. The van der Waals surface area contributed by atoms with Crippen LogP contribution in [0.5, 0.6) is 0 Å². The molecule has 100 valence electrons. The molecule has 1 saturated heterocycles. The van der Waals surface area contributed by atoms with Gasteiger partial charge in [-0.15, -0.1) is 0 Å². The molecule has 2 rings (SSSR count). The molecule has 1 saturated carbocycles. The molecule has 17 heavy (non-hydrogen) atoms. The second-order valence-electron chi connectivity index (χ2n) is 6.67. The van der Waals surface area contributed by atoms with E-state index in [9.17, 15) is 0 Å². The van der Waals surface area contributed by atoms with Crippen molar-refractivity contribution in [3.63, 3.8) is 0 Å². The third-order valence-corrected chi connectivity index (χ3v) is 5.73. The average Bonchev–Trinajstić information content (AvgIpc) is 2.34. The summed E-state index contributed by atoms with van der Waals surface area (Å²) in [4.78, 5) is 2.75. The number of thiol groups is 1. The first kappa shape index (κ1) is 13.7. The number of likely N-dealkylation sites (tertiary alicyclic amines) is 1. The smallest absolute Gasteiger partial charge is 0.00697 e. The first-order valence-electron chi connectivity index (χ1n) is 7.50. The van der Waals surface area contributed by atoms with E-state index in [1.54, 1.807) is 0 Å². The Hall–Kier alpha value is 0.310. The minimum absolute atomic E-state index is 0.538. The molecule has 2 aliphatic rings. The fraction of sp³-hybridized carbons (Fsp3) is 1.00. The Balaban J connectivity index is 1.93. The number of hydrogen-bond donors (Lipinski definition) is 1. The number of piperidine rings is 1. The second-order valence-corrected chi connectivity index (χ2v) is 6.98. The van der Waals surface area contributed by atoms with Crippen molar-refractivity contribution in [1.29, 1.82) is 0 Å². The molecule has 1 aliphatic heterocycles. The molecule has 0 N–H and O–H groups in total. The van der Waals surface area contributed by atoms with Crippen LogP contribution >= 0.6 is 12.6 Å². The molecule has 0 aromatic heterocycles. The van der Waals surface area contributed by atoms with Gasteiger partial charge in [0.1, 0.15) is 0 Å². The lowest BCUT2D eigenvalue weighted by Crippen LogP contribution is -2.47. The van der Waals surface area contributed by atoms with Gasteiger partial charge in [0.25, 0.3) is 0 Å². The molecule has 2 heteroatoms. The summed E-state index contributed by atoms with van der Waals surface area (Å²) in [6.45, 7) is 7.45. The summed E-state index contributed by atoms with van der Waals surface area (Å²) in [5, 5.41) is 0. The Morgan fingerprint density at radius 1 is 1.18 bits per heavy atom. The van der Waals surface area contributed by atoms with Crippen molar-refractivity contribution in [2.75, 3.05) is 18.8 Å². The third kappa shape index (κ3) is 3.41. The van der Waals surface area contributed by atoms with Crippen LogP contribution in [0.4, 0.5) is 0 Å². The first-order valence-corrected chi connectivity index (χ1v) is 8.13.